The van der Waals surface area contributed by atoms with Gasteiger partial charge in [-0.25, -0.2) is 4.39 Å². The van der Waals surface area contributed by atoms with Crippen molar-refractivity contribution >= 4 is 27.5 Å². The zero-order valence-electron chi connectivity index (χ0n) is 15.2. The Morgan fingerprint density at radius 1 is 1.26 bits per heavy atom. The summed E-state index contributed by atoms with van der Waals surface area (Å²) in [5, 5.41) is 8.31. The van der Waals surface area contributed by atoms with E-state index in [0.29, 0.717) is 42.9 Å². The van der Waals surface area contributed by atoms with Gasteiger partial charge in [-0.1, -0.05) is 17.3 Å². The van der Waals surface area contributed by atoms with Crippen molar-refractivity contribution in [2.45, 2.75) is 0 Å². The Labute approximate surface area is 165 Å². The molecule has 0 spiro atoms. The van der Waals surface area contributed by atoms with Crippen LogP contribution < -0.4 is 0 Å². The second kappa shape index (κ2) is 8.62. The third kappa shape index (κ3) is 4.72. The van der Waals surface area contributed by atoms with E-state index in [-0.39, 0.29) is 11.7 Å². The van der Waals surface area contributed by atoms with Gasteiger partial charge in [0.25, 0.3) is 5.91 Å². The molecule has 0 atom stereocenters. The molecule has 1 saturated heterocycles. The summed E-state index contributed by atoms with van der Waals surface area (Å²) in [5.74, 6) is -0.366. The predicted octanol–water partition coefficient (Wildman–Crippen LogP) is 2.13. The Kier molecular flexibility index (Phi) is 6.22. The van der Waals surface area contributed by atoms with Crippen molar-refractivity contribution in [3.8, 4) is 0 Å². The average Bonchev–Trinajstić information content (AvgIpc) is 3.00. The monoisotopic (exact) mass is 437 g/mol. The topological polar surface area (TPSA) is 63.0 Å². The number of carbonyl (C=O) groups is 1. The molecule has 0 N–H and O–H groups in total. The van der Waals surface area contributed by atoms with Gasteiger partial charge >= 0.3 is 0 Å². The van der Waals surface area contributed by atoms with Crippen LogP contribution in [0.3, 0.4) is 0 Å². The van der Waals surface area contributed by atoms with Gasteiger partial charge in [0.1, 0.15) is 18.6 Å². The zero-order valence-corrected chi connectivity index (χ0v) is 16.8. The van der Waals surface area contributed by atoms with E-state index in [9.17, 15) is 9.18 Å². The first-order chi connectivity index (χ1) is 13.0. The number of aryl methyl sites for hydroxylation is 1. The lowest BCUT2D eigenvalue weighted by Crippen LogP contribution is -2.50. The van der Waals surface area contributed by atoms with Gasteiger partial charge in [0.15, 0.2) is 5.69 Å². The highest BCUT2D eigenvalue weighted by Gasteiger charge is 2.26. The molecule has 1 fully saturated rings. The number of hydrogen-bond donors (Lipinski definition) is 0. The number of aromatic nitrogens is 2. The third-order valence-corrected chi connectivity index (χ3v) is 4.98. The first-order valence-corrected chi connectivity index (χ1v) is 9.34. The minimum Gasteiger partial charge on any atom is -0.399 e. The van der Waals surface area contributed by atoms with Gasteiger partial charge in [0.2, 0.25) is 0 Å². The number of hydrogen-bond acceptors (Lipinski definition) is 5. The quantitative estimate of drug-likeness (QED) is 0.530. The lowest BCUT2D eigenvalue weighted by Gasteiger charge is -2.34. The SMILES string of the molecule is CON=C(CN1CCN(C(=O)c2nn(C)cc2Br)CC1)c1ccc(F)cc1. The molecular weight excluding hydrogens is 417 g/mol. The smallest absolute Gasteiger partial charge is 0.275 e. The first kappa shape index (κ1) is 19.5. The molecule has 9 heteroatoms. The van der Waals surface area contributed by atoms with Crippen LogP contribution in [0.4, 0.5) is 4.39 Å². The lowest BCUT2D eigenvalue weighted by molar-refractivity contribution is 0.0645. The van der Waals surface area contributed by atoms with Crippen LogP contribution in [-0.2, 0) is 11.9 Å². The molecule has 1 aliphatic rings. The molecule has 2 heterocycles. The Balaban J connectivity index is 1.61. The van der Waals surface area contributed by atoms with E-state index in [1.807, 2.05) is 0 Å². The molecule has 144 valence electrons. The Hall–Kier alpha value is -2.26. The van der Waals surface area contributed by atoms with Crippen molar-refractivity contribution in [2.75, 3.05) is 39.8 Å². The van der Waals surface area contributed by atoms with Gasteiger partial charge < -0.3 is 9.74 Å². The van der Waals surface area contributed by atoms with Crippen molar-refractivity contribution < 1.29 is 14.0 Å². The second-order valence-electron chi connectivity index (χ2n) is 6.30. The Morgan fingerprint density at radius 2 is 1.93 bits per heavy atom. The highest BCUT2D eigenvalue weighted by Crippen LogP contribution is 2.17. The van der Waals surface area contributed by atoms with Crippen molar-refractivity contribution in [2.24, 2.45) is 12.2 Å². The predicted molar refractivity (Wildman–Crippen MR) is 103 cm³/mol. The fourth-order valence-corrected chi connectivity index (χ4v) is 3.55. The largest absolute Gasteiger partial charge is 0.399 e. The van der Waals surface area contributed by atoms with E-state index in [0.717, 1.165) is 11.3 Å². The fourth-order valence-electron chi connectivity index (χ4n) is 3.00. The van der Waals surface area contributed by atoms with Crippen LogP contribution in [0.5, 0.6) is 0 Å². The maximum atomic E-state index is 13.2. The van der Waals surface area contributed by atoms with Crippen molar-refractivity contribution in [3.05, 3.63) is 52.0 Å². The summed E-state index contributed by atoms with van der Waals surface area (Å²) in [5.41, 5.74) is 1.97. The van der Waals surface area contributed by atoms with Gasteiger partial charge in [-0.05, 0) is 28.1 Å². The average molecular weight is 438 g/mol. The van der Waals surface area contributed by atoms with Crippen LogP contribution in [0.2, 0.25) is 0 Å². The second-order valence-corrected chi connectivity index (χ2v) is 7.15. The fraction of sp³-hybridized carbons (Fsp3) is 0.389. The summed E-state index contributed by atoms with van der Waals surface area (Å²) in [7, 11) is 3.27. The highest BCUT2D eigenvalue weighted by atomic mass is 79.9. The number of rotatable bonds is 5. The summed E-state index contributed by atoms with van der Waals surface area (Å²) in [6.45, 7) is 3.19. The van der Waals surface area contributed by atoms with Gasteiger partial charge in [-0.15, -0.1) is 0 Å². The number of oxime groups is 1. The summed E-state index contributed by atoms with van der Waals surface area (Å²) < 4.78 is 15.5. The number of amides is 1. The van der Waals surface area contributed by atoms with Gasteiger partial charge in [0, 0.05) is 51.5 Å². The molecule has 0 unspecified atom stereocenters. The molecule has 7 nitrogen and oxygen atoms in total. The van der Waals surface area contributed by atoms with E-state index in [4.69, 9.17) is 4.84 Å². The van der Waals surface area contributed by atoms with Crippen molar-refractivity contribution in [1.29, 1.82) is 0 Å². The van der Waals surface area contributed by atoms with Crippen LogP contribution in [0.1, 0.15) is 16.1 Å². The van der Waals surface area contributed by atoms with Gasteiger partial charge in [-0.2, -0.15) is 5.10 Å². The number of nitrogens with zero attached hydrogens (tertiary/aromatic N) is 5. The number of carbonyl (C=O) groups excluding carboxylic acids is 1. The van der Waals surface area contributed by atoms with E-state index < -0.39 is 0 Å². The van der Waals surface area contributed by atoms with Crippen LogP contribution >= 0.6 is 15.9 Å². The minimum atomic E-state index is -0.289. The van der Waals surface area contributed by atoms with Crippen molar-refractivity contribution in [1.82, 2.24) is 19.6 Å². The molecule has 0 radical (unpaired) electrons. The van der Waals surface area contributed by atoms with Gasteiger partial charge in [-0.3, -0.25) is 14.4 Å². The molecule has 1 aromatic heterocycles. The maximum absolute atomic E-state index is 13.2. The normalized spacial score (nSPS) is 15.9. The van der Waals surface area contributed by atoms with Crippen LogP contribution in [-0.4, -0.2) is 71.0 Å². The number of halogens is 2. The summed E-state index contributed by atoms with van der Waals surface area (Å²) in [6, 6.07) is 6.18. The van der Waals surface area contributed by atoms with E-state index in [1.165, 1.54) is 19.2 Å². The summed E-state index contributed by atoms with van der Waals surface area (Å²) >= 11 is 3.38. The molecule has 0 saturated carbocycles. The highest BCUT2D eigenvalue weighted by molar-refractivity contribution is 9.10. The number of piperazine rings is 1. The summed E-state index contributed by atoms with van der Waals surface area (Å²) in [6.07, 6.45) is 1.76. The summed E-state index contributed by atoms with van der Waals surface area (Å²) in [4.78, 5) is 21.6. The maximum Gasteiger partial charge on any atom is 0.275 e. The first-order valence-electron chi connectivity index (χ1n) is 8.54. The van der Waals surface area contributed by atoms with Crippen molar-refractivity contribution in [3.63, 3.8) is 0 Å². The van der Waals surface area contributed by atoms with Crippen LogP contribution in [0, 0.1) is 5.82 Å². The molecule has 2 aromatic rings. The number of benzene rings is 1. The molecule has 1 amide bonds. The Morgan fingerprint density at radius 3 is 2.48 bits per heavy atom. The Bertz CT molecular complexity index is 829. The van der Waals surface area contributed by atoms with E-state index in [2.05, 4.69) is 31.1 Å². The minimum absolute atomic E-state index is 0.0774. The molecular formula is C18H21BrFN5O2. The molecule has 1 aromatic carbocycles. The molecule has 1 aliphatic heterocycles. The van der Waals surface area contributed by atoms with Crippen LogP contribution in [0.15, 0.2) is 40.1 Å². The standard InChI is InChI=1S/C18H21BrFN5O2/c1-23-11-15(19)17(21-23)18(26)25-9-7-24(8-10-25)12-16(22-27-2)13-3-5-14(20)6-4-13/h3-6,11H,7-10,12H2,1-2H3. The lowest BCUT2D eigenvalue weighted by atomic mass is 10.1. The van der Waals surface area contributed by atoms with Gasteiger partial charge in [0.05, 0.1) is 4.47 Å². The van der Waals surface area contributed by atoms with Crippen LogP contribution in [0.25, 0.3) is 0 Å². The molecule has 0 bridgehead atoms. The molecule has 3 rings (SSSR count). The zero-order chi connectivity index (χ0) is 19.4. The van der Waals surface area contributed by atoms with E-state index in [1.54, 1.807) is 35.0 Å². The molecule has 0 aliphatic carbocycles. The van der Waals surface area contributed by atoms with E-state index >= 15 is 0 Å². The third-order valence-electron chi connectivity index (χ3n) is 4.40. The molecule has 27 heavy (non-hydrogen) atoms.